The fourth-order valence-corrected chi connectivity index (χ4v) is 3.67. The minimum Gasteiger partial charge on any atom is -0.444 e. The van der Waals surface area contributed by atoms with Crippen LogP contribution in [0.25, 0.3) is 11.0 Å². The molecule has 5 nitrogen and oxygen atoms in total. The smallest absolute Gasteiger partial charge is 0.410 e. The summed E-state index contributed by atoms with van der Waals surface area (Å²) in [6, 6.07) is 8.04. The lowest BCUT2D eigenvalue weighted by atomic mass is 10.2. The third kappa shape index (κ3) is 4.19. The van der Waals surface area contributed by atoms with Crippen LogP contribution in [-0.4, -0.2) is 45.4 Å². The number of fused-ring (bicyclic) bond motifs is 1. The first-order valence-electron chi connectivity index (χ1n) is 7.96. The van der Waals surface area contributed by atoms with Gasteiger partial charge in [0.25, 0.3) is 0 Å². The van der Waals surface area contributed by atoms with Crippen molar-refractivity contribution in [1.82, 2.24) is 14.9 Å². The molecule has 124 valence electrons. The minimum absolute atomic E-state index is 0.200. The molecule has 0 spiro atoms. The van der Waals surface area contributed by atoms with Gasteiger partial charge >= 0.3 is 6.09 Å². The van der Waals surface area contributed by atoms with Crippen LogP contribution in [0.4, 0.5) is 4.79 Å². The Kier molecular flexibility index (Phi) is 4.53. The summed E-state index contributed by atoms with van der Waals surface area (Å²) in [5.74, 6) is 1.44. The molecule has 1 aromatic heterocycles. The van der Waals surface area contributed by atoms with Crippen LogP contribution in [0.2, 0.25) is 0 Å². The van der Waals surface area contributed by atoms with Crippen molar-refractivity contribution in [2.75, 3.05) is 18.8 Å². The molecule has 1 saturated heterocycles. The van der Waals surface area contributed by atoms with Crippen LogP contribution in [0.5, 0.6) is 0 Å². The van der Waals surface area contributed by atoms with E-state index in [-0.39, 0.29) is 6.09 Å². The number of carbonyl (C=O) groups excluding carboxylic acids is 1. The van der Waals surface area contributed by atoms with Gasteiger partial charge in [-0.05, 0) is 45.2 Å². The zero-order valence-corrected chi connectivity index (χ0v) is 14.7. The van der Waals surface area contributed by atoms with E-state index in [1.807, 2.05) is 49.9 Å². The summed E-state index contributed by atoms with van der Waals surface area (Å²) in [5, 5.41) is 0.946. The van der Waals surface area contributed by atoms with Gasteiger partial charge < -0.3 is 14.6 Å². The van der Waals surface area contributed by atoms with Gasteiger partial charge in [0.05, 0.1) is 11.0 Å². The van der Waals surface area contributed by atoms with E-state index in [9.17, 15) is 4.79 Å². The summed E-state index contributed by atoms with van der Waals surface area (Å²) in [4.78, 5) is 21.8. The number of thioether (sulfide) groups is 1. The highest BCUT2D eigenvalue weighted by atomic mass is 32.2. The fourth-order valence-electron chi connectivity index (χ4n) is 2.66. The maximum atomic E-state index is 12.1. The zero-order valence-electron chi connectivity index (χ0n) is 13.8. The first-order valence-corrected chi connectivity index (χ1v) is 8.95. The van der Waals surface area contributed by atoms with Gasteiger partial charge in [-0.2, -0.15) is 0 Å². The molecule has 3 rings (SSSR count). The van der Waals surface area contributed by atoms with E-state index in [0.29, 0.717) is 5.92 Å². The number of aromatic amines is 1. The van der Waals surface area contributed by atoms with Gasteiger partial charge in [0, 0.05) is 18.8 Å². The van der Waals surface area contributed by atoms with E-state index < -0.39 is 5.60 Å². The zero-order chi connectivity index (χ0) is 16.4. The Labute approximate surface area is 140 Å². The van der Waals surface area contributed by atoms with Gasteiger partial charge in [0.1, 0.15) is 5.60 Å². The first kappa shape index (κ1) is 16.2. The second-order valence-corrected chi connectivity index (χ2v) is 7.96. The first-order chi connectivity index (χ1) is 10.9. The summed E-state index contributed by atoms with van der Waals surface area (Å²) in [7, 11) is 0. The lowest BCUT2D eigenvalue weighted by molar-refractivity contribution is 0.0289. The number of nitrogens with one attached hydrogen (secondary N) is 1. The van der Waals surface area contributed by atoms with Crippen LogP contribution in [0.15, 0.2) is 29.4 Å². The van der Waals surface area contributed by atoms with E-state index in [2.05, 4.69) is 9.97 Å². The van der Waals surface area contributed by atoms with E-state index >= 15 is 0 Å². The van der Waals surface area contributed by atoms with Crippen molar-refractivity contribution < 1.29 is 9.53 Å². The van der Waals surface area contributed by atoms with Crippen molar-refractivity contribution in [3.8, 4) is 0 Å². The predicted molar refractivity (Wildman–Crippen MR) is 92.7 cm³/mol. The topological polar surface area (TPSA) is 58.2 Å². The lowest BCUT2D eigenvalue weighted by Crippen LogP contribution is -2.35. The maximum absolute atomic E-state index is 12.1. The minimum atomic E-state index is -0.432. The van der Waals surface area contributed by atoms with Crippen molar-refractivity contribution in [3.05, 3.63) is 24.3 Å². The van der Waals surface area contributed by atoms with Crippen LogP contribution in [0.1, 0.15) is 27.2 Å². The van der Waals surface area contributed by atoms with E-state index in [0.717, 1.165) is 41.5 Å². The van der Waals surface area contributed by atoms with Crippen molar-refractivity contribution in [3.63, 3.8) is 0 Å². The van der Waals surface area contributed by atoms with Crippen LogP contribution in [-0.2, 0) is 4.74 Å². The molecule has 0 bridgehead atoms. The quantitative estimate of drug-likeness (QED) is 0.865. The Morgan fingerprint density at radius 2 is 2.22 bits per heavy atom. The monoisotopic (exact) mass is 333 g/mol. The molecule has 2 aromatic rings. The lowest BCUT2D eigenvalue weighted by Gasteiger charge is -2.24. The predicted octanol–water partition coefficient (Wildman–Crippen LogP) is 3.91. The Morgan fingerprint density at radius 3 is 2.96 bits per heavy atom. The van der Waals surface area contributed by atoms with Gasteiger partial charge in [0.15, 0.2) is 5.16 Å². The summed E-state index contributed by atoms with van der Waals surface area (Å²) < 4.78 is 5.43. The number of para-hydroxylation sites is 2. The van der Waals surface area contributed by atoms with Crippen molar-refractivity contribution >= 4 is 28.9 Å². The molecular formula is C17H23N3O2S. The molecule has 1 aromatic carbocycles. The van der Waals surface area contributed by atoms with Crippen LogP contribution in [0, 0.1) is 5.92 Å². The van der Waals surface area contributed by atoms with Gasteiger partial charge in [-0.1, -0.05) is 23.9 Å². The largest absolute Gasteiger partial charge is 0.444 e. The number of likely N-dealkylation sites (tertiary alicyclic amines) is 1. The number of imidazole rings is 1. The van der Waals surface area contributed by atoms with E-state index in [1.54, 1.807) is 11.8 Å². The third-order valence-corrected chi connectivity index (χ3v) is 4.87. The standard InChI is InChI=1S/C17H23N3O2S/c1-17(2,3)22-16(21)20-9-8-12(10-20)11-23-15-18-13-6-4-5-7-14(13)19-15/h4-7,12H,8-11H2,1-3H3,(H,18,19)/t12-/m1/s1. The second kappa shape index (κ2) is 6.43. The number of aromatic nitrogens is 2. The molecule has 0 saturated carbocycles. The molecule has 0 unspecified atom stereocenters. The van der Waals surface area contributed by atoms with Gasteiger partial charge in [-0.3, -0.25) is 0 Å². The number of hydrogen-bond donors (Lipinski definition) is 1. The molecule has 1 atom stereocenters. The summed E-state index contributed by atoms with van der Waals surface area (Å²) in [6.07, 6.45) is 0.820. The maximum Gasteiger partial charge on any atom is 0.410 e. The molecule has 2 heterocycles. The van der Waals surface area contributed by atoms with Crippen molar-refractivity contribution in [1.29, 1.82) is 0 Å². The van der Waals surface area contributed by atoms with E-state index in [4.69, 9.17) is 4.74 Å². The number of rotatable bonds is 3. The number of benzene rings is 1. The number of nitrogens with zero attached hydrogens (tertiary/aromatic N) is 2. The number of carbonyl (C=O) groups is 1. The molecule has 23 heavy (non-hydrogen) atoms. The van der Waals surface area contributed by atoms with Crippen molar-refractivity contribution in [2.45, 2.75) is 37.9 Å². The SMILES string of the molecule is CC(C)(C)OC(=O)N1CC[C@@H](CSc2nc3ccccc3[nH]2)C1. The number of hydrogen-bond acceptors (Lipinski definition) is 4. The summed E-state index contributed by atoms with van der Waals surface area (Å²) in [5.41, 5.74) is 1.63. The number of ether oxygens (including phenoxy) is 1. The van der Waals surface area contributed by atoms with Gasteiger partial charge in [-0.25, -0.2) is 9.78 Å². The molecule has 1 amide bonds. The highest BCUT2D eigenvalue weighted by molar-refractivity contribution is 7.99. The fraction of sp³-hybridized carbons (Fsp3) is 0.529. The third-order valence-electron chi connectivity index (χ3n) is 3.76. The molecule has 1 aliphatic rings. The molecule has 0 radical (unpaired) electrons. The summed E-state index contributed by atoms with van der Waals surface area (Å²) in [6.45, 7) is 7.24. The second-order valence-electron chi connectivity index (χ2n) is 6.95. The van der Waals surface area contributed by atoms with Crippen LogP contribution < -0.4 is 0 Å². The molecule has 0 aliphatic carbocycles. The average molecular weight is 333 g/mol. The average Bonchev–Trinajstić information content (AvgIpc) is 3.09. The Bertz CT molecular complexity index is 659. The highest BCUT2D eigenvalue weighted by Crippen LogP contribution is 2.26. The van der Waals surface area contributed by atoms with Gasteiger partial charge in [-0.15, -0.1) is 0 Å². The Morgan fingerprint density at radius 1 is 1.43 bits per heavy atom. The highest BCUT2D eigenvalue weighted by Gasteiger charge is 2.29. The summed E-state index contributed by atoms with van der Waals surface area (Å²) >= 11 is 1.72. The number of H-pyrrole nitrogens is 1. The van der Waals surface area contributed by atoms with Gasteiger partial charge in [0.2, 0.25) is 0 Å². The molecule has 1 N–H and O–H groups in total. The van der Waals surface area contributed by atoms with E-state index in [1.165, 1.54) is 0 Å². The number of amides is 1. The molecule has 1 fully saturated rings. The van der Waals surface area contributed by atoms with Crippen LogP contribution in [0.3, 0.4) is 0 Å². The molecule has 1 aliphatic heterocycles. The van der Waals surface area contributed by atoms with Crippen molar-refractivity contribution in [2.24, 2.45) is 5.92 Å². The normalized spacial score (nSPS) is 18.6. The Hall–Kier alpha value is -1.69. The molecule has 6 heteroatoms. The van der Waals surface area contributed by atoms with Crippen LogP contribution >= 0.6 is 11.8 Å². The Balaban J connectivity index is 1.51. The molecular weight excluding hydrogens is 310 g/mol.